The van der Waals surface area contributed by atoms with Crippen molar-refractivity contribution in [2.45, 2.75) is 52.2 Å². The van der Waals surface area contributed by atoms with E-state index in [1.807, 2.05) is 13.1 Å². The van der Waals surface area contributed by atoms with Crippen molar-refractivity contribution in [3.05, 3.63) is 52.8 Å². The van der Waals surface area contributed by atoms with Gasteiger partial charge in [0.2, 0.25) is 0 Å². The first-order valence-corrected chi connectivity index (χ1v) is 10.8. The summed E-state index contributed by atoms with van der Waals surface area (Å²) in [5.41, 5.74) is 4.83. The van der Waals surface area contributed by atoms with Crippen LogP contribution in [0.2, 0.25) is 0 Å². The minimum absolute atomic E-state index is 0.137. The van der Waals surface area contributed by atoms with Crippen LogP contribution in [-0.4, -0.2) is 52.3 Å². The number of hydrogen-bond acceptors (Lipinski definition) is 6. The van der Waals surface area contributed by atoms with Crippen molar-refractivity contribution in [2.24, 2.45) is 0 Å². The third kappa shape index (κ3) is 3.10. The fourth-order valence-electron chi connectivity index (χ4n) is 5.10. The number of nitrogens with one attached hydrogen (secondary N) is 1. The minimum atomic E-state index is 0.137. The molecule has 0 amide bonds. The molecule has 1 aromatic carbocycles. The zero-order valence-electron chi connectivity index (χ0n) is 18.5. The van der Waals surface area contributed by atoms with Crippen LogP contribution in [-0.2, 0) is 0 Å². The molecule has 1 N–H and O–H groups in total. The quantitative estimate of drug-likeness (QED) is 0.711. The second kappa shape index (κ2) is 7.20. The molecular weight excluding hydrogens is 372 g/mol. The number of hydrogen-bond donors (Lipinski definition) is 1. The Morgan fingerprint density at radius 1 is 1.07 bits per heavy atom. The predicted octanol–water partition coefficient (Wildman–Crippen LogP) is 4.02. The summed E-state index contributed by atoms with van der Waals surface area (Å²) in [6, 6.07) is 10.0. The van der Waals surface area contributed by atoms with Gasteiger partial charge in [-0.25, -0.2) is 4.98 Å². The summed E-state index contributed by atoms with van der Waals surface area (Å²) in [6.45, 7) is 10.7. The number of fused-ring (bicyclic) bond motifs is 3. The van der Waals surface area contributed by atoms with Crippen molar-refractivity contribution < 1.29 is 0 Å². The molecule has 3 aromatic rings. The van der Waals surface area contributed by atoms with Gasteiger partial charge in [0.25, 0.3) is 0 Å². The molecule has 6 heteroatoms. The SMILES string of the molecule is Cc1cccc([C@@H](C)Nc2nnc(C)c3cnc(N4C[C@H]5C[C@@H]4CN5C)cc23)c1C. The fourth-order valence-corrected chi connectivity index (χ4v) is 5.10. The molecule has 6 nitrogen and oxygen atoms in total. The molecule has 4 heterocycles. The van der Waals surface area contributed by atoms with Crippen LogP contribution in [0.25, 0.3) is 10.8 Å². The number of aryl methyl sites for hydroxylation is 2. The van der Waals surface area contributed by atoms with Crippen LogP contribution in [0.5, 0.6) is 0 Å². The van der Waals surface area contributed by atoms with Crippen molar-refractivity contribution in [2.75, 3.05) is 30.4 Å². The Hall–Kier alpha value is -2.73. The van der Waals surface area contributed by atoms with E-state index in [0.29, 0.717) is 12.1 Å². The predicted molar refractivity (Wildman–Crippen MR) is 122 cm³/mol. The highest BCUT2D eigenvalue weighted by molar-refractivity contribution is 5.94. The van der Waals surface area contributed by atoms with Crippen LogP contribution in [0.4, 0.5) is 11.6 Å². The number of likely N-dealkylation sites (N-methyl/N-ethyl adjacent to an activating group) is 1. The van der Waals surface area contributed by atoms with Crippen LogP contribution in [0.15, 0.2) is 30.5 Å². The van der Waals surface area contributed by atoms with E-state index in [0.717, 1.165) is 41.2 Å². The van der Waals surface area contributed by atoms with E-state index in [4.69, 9.17) is 4.98 Å². The summed E-state index contributed by atoms with van der Waals surface area (Å²) in [5.74, 6) is 1.88. The largest absolute Gasteiger partial charge is 0.362 e. The number of pyridine rings is 1. The molecule has 2 aromatic heterocycles. The Morgan fingerprint density at radius 2 is 1.90 bits per heavy atom. The maximum Gasteiger partial charge on any atom is 0.157 e. The standard InChI is InChI=1S/C24H30N6/c1-14-7-6-8-20(15(14)2)16(3)26-24-21-10-23(25-11-22(21)17(4)27-28-24)30-13-18-9-19(30)12-29(18)5/h6-8,10-11,16,18-19H,9,12-13H2,1-5H3,(H,26,28)/t16-,18-,19-/m1/s1. The summed E-state index contributed by atoms with van der Waals surface area (Å²) in [6.07, 6.45) is 3.21. The van der Waals surface area contributed by atoms with Crippen LogP contribution in [0.3, 0.4) is 0 Å². The number of likely N-dealkylation sites (tertiary alicyclic amines) is 1. The minimum Gasteiger partial charge on any atom is -0.362 e. The number of benzene rings is 1. The first-order valence-electron chi connectivity index (χ1n) is 10.8. The topological polar surface area (TPSA) is 57.2 Å². The molecule has 2 saturated heterocycles. The van der Waals surface area contributed by atoms with E-state index in [-0.39, 0.29) is 6.04 Å². The van der Waals surface area contributed by atoms with Gasteiger partial charge in [0.15, 0.2) is 5.82 Å². The lowest BCUT2D eigenvalue weighted by atomic mass is 9.98. The summed E-state index contributed by atoms with van der Waals surface area (Å²) in [5, 5.41) is 14.7. The van der Waals surface area contributed by atoms with Crippen molar-refractivity contribution in [1.82, 2.24) is 20.1 Å². The molecule has 2 aliphatic heterocycles. The Labute approximate surface area is 178 Å². The molecule has 2 fully saturated rings. The Bertz CT molecular complexity index is 1110. The molecule has 2 aliphatic rings. The van der Waals surface area contributed by atoms with Gasteiger partial charge < -0.3 is 10.2 Å². The van der Waals surface area contributed by atoms with Gasteiger partial charge in [-0.05, 0) is 63.9 Å². The molecule has 3 atom stereocenters. The monoisotopic (exact) mass is 402 g/mol. The third-order valence-electron chi connectivity index (χ3n) is 7.11. The van der Waals surface area contributed by atoms with Gasteiger partial charge in [-0.2, -0.15) is 5.10 Å². The van der Waals surface area contributed by atoms with Gasteiger partial charge in [0.1, 0.15) is 5.82 Å². The molecule has 0 unspecified atom stereocenters. The molecule has 0 aliphatic carbocycles. The summed E-state index contributed by atoms with van der Waals surface area (Å²) >= 11 is 0. The fraction of sp³-hybridized carbons (Fsp3) is 0.458. The van der Waals surface area contributed by atoms with Crippen LogP contribution < -0.4 is 10.2 Å². The smallest absolute Gasteiger partial charge is 0.157 e. The Kier molecular flexibility index (Phi) is 4.62. The van der Waals surface area contributed by atoms with E-state index in [1.54, 1.807) is 0 Å². The molecular formula is C24H30N6. The summed E-state index contributed by atoms with van der Waals surface area (Å²) < 4.78 is 0. The Morgan fingerprint density at radius 3 is 2.63 bits per heavy atom. The Balaban J connectivity index is 1.50. The normalized spacial score (nSPS) is 22.1. The van der Waals surface area contributed by atoms with E-state index >= 15 is 0 Å². The lowest BCUT2D eigenvalue weighted by Crippen LogP contribution is -2.44. The summed E-state index contributed by atoms with van der Waals surface area (Å²) in [4.78, 5) is 9.75. The molecule has 2 bridgehead atoms. The van der Waals surface area contributed by atoms with E-state index < -0.39 is 0 Å². The maximum atomic E-state index is 4.81. The van der Waals surface area contributed by atoms with Crippen molar-refractivity contribution >= 4 is 22.4 Å². The summed E-state index contributed by atoms with van der Waals surface area (Å²) in [7, 11) is 2.23. The zero-order chi connectivity index (χ0) is 21.0. The molecule has 30 heavy (non-hydrogen) atoms. The van der Waals surface area contributed by atoms with Crippen LogP contribution in [0, 0.1) is 20.8 Å². The number of aromatic nitrogens is 3. The molecule has 5 rings (SSSR count). The van der Waals surface area contributed by atoms with Crippen molar-refractivity contribution in [3.8, 4) is 0 Å². The maximum absolute atomic E-state index is 4.81. The van der Waals surface area contributed by atoms with Gasteiger partial charge >= 0.3 is 0 Å². The zero-order valence-corrected chi connectivity index (χ0v) is 18.5. The highest BCUT2D eigenvalue weighted by atomic mass is 15.4. The van der Waals surface area contributed by atoms with Gasteiger partial charge in [-0.3, -0.25) is 4.90 Å². The van der Waals surface area contributed by atoms with Crippen LogP contribution in [0.1, 0.15) is 41.8 Å². The van der Waals surface area contributed by atoms with E-state index in [9.17, 15) is 0 Å². The van der Waals surface area contributed by atoms with Gasteiger partial charge in [-0.15, -0.1) is 5.10 Å². The average Bonchev–Trinajstić information content (AvgIpc) is 3.31. The lowest BCUT2D eigenvalue weighted by molar-refractivity contribution is 0.292. The number of rotatable bonds is 4. The molecule has 156 valence electrons. The van der Waals surface area contributed by atoms with E-state index in [2.05, 4.69) is 77.4 Å². The van der Waals surface area contributed by atoms with Gasteiger partial charge in [0, 0.05) is 42.1 Å². The van der Waals surface area contributed by atoms with E-state index in [1.165, 1.54) is 23.1 Å². The number of piperazine rings is 1. The lowest BCUT2D eigenvalue weighted by Gasteiger charge is -2.33. The van der Waals surface area contributed by atoms with Crippen molar-refractivity contribution in [3.63, 3.8) is 0 Å². The molecule has 0 saturated carbocycles. The molecule has 0 radical (unpaired) electrons. The van der Waals surface area contributed by atoms with Crippen LogP contribution >= 0.6 is 0 Å². The number of anilines is 2. The third-order valence-corrected chi connectivity index (χ3v) is 7.11. The average molecular weight is 403 g/mol. The van der Waals surface area contributed by atoms with Gasteiger partial charge in [-0.1, -0.05) is 18.2 Å². The highest BCUT2D eigenvalue weighted by Crippen LogP contribution is 2.35. The highest BCUT2D eigenvalue weighted by Gasteiger charge is 2.42. The van der Waals surface area contributed by atoms with Crippen molar-refractivity contribution in [1.29, 1.82) is 0 Å². The number of nitrogens with zero attached hydrogens (tertiary/aromatic N) is 5. The first kappa shape index (κ1) is 19.2. The van der Waals surface area contributed by atoms with Gasteiger partial charge in [0.05, 0.1) is 11.7 Å². The second-order valence-corrected chi connectivity index (χ2v) is 9.01. The first-order chi connectivity index (χ1) is 14.4. The molecule has 0 spiro atoms. The second-order valence-electron chi connectivity index (χ2n) is 9.01.